The number of aryl methyl sites for hydroxylation is 1. The minimum atomic E-state index is -0.291. The first kappa shape index (κ1) is 14.7. The topological polar surface area (TPSA) is 67.2 Å². The number of nitrogens with one attached hydrogen (secondary N) is 1. The van der Waals surface area contributed by atoms with E-state index in [2.05, 4.69) is 10.4 Å². The first-order valence-corrected chi connectivity index (χ1v) is 7.16. The number of piperazine rings is 1. The van der Waals surface area contributed by atoms with Crippen LogP contribution in [0.15, 0.2) is 10.9 Å². The van der Waals surface area contributed by atoms with Gasteiger partial charge in [-0.3, -0.25) is 9.59 Å². The van der Waals surface area contributed by atoms with Crippen molar-refractivity contribution in [1.29, 1.82) is 0 Å². The van der Waals surface area contributed by atoms with Crippen LogP contribution < -0.4 is 10.9 Å². The Balaban J connectivity index is 2.41. The van der Waals surface area contributed by atoms with Gasteiger partial charge < -0.3 is 10.2 Å². The third kappa shape index (κ3) is 2.90. The molecule has 1 amide bonds. The van der Waals surface area contributed by atoms with Gasteiger partial charge in [0.25, 0.3) is 11.5 Å². The Labute approximate surface area is 118 Å². The Morgan fingerprint density at radius 1 is 1.40 bits per heavy atom. The predicted molar refractivity (Wildman–Crippen MR) is 77.0 cm³/mol. The lowest BCUT2D eigenvalue weighted by Gasteiger charge is -2.27. The van der Waals surface area contributed by atoms with E-state index >= 15 is 0 Å². The third-order valence-corrected chi connectivity index (χ3v) is 3.52. The number of hydrogen-bond donors (Lipinski definition) is 1. The van der Waals surface area contributed by atoms with E-state index in [1.807, 2.05) is 20.8 Å². The molecule has 6 nitrogen and oxygen atoms in total. The lowest BCUT2D eigenvalue weighted by Crippen LogP contribution is -2.48. The molecule has 0 bridgehead atoms. The average molecular weight is 278 g/mol. The Morgan fingerprint density at radius 2 is 2.05 bits per heavy atom. The zero-order valence-corrected chi connectivity index (χ0v) is 12.3. The molecule has 0 aliphatic carbocycles. The first-order valence-electron chi connectivity index (χ1n) is 7.16. The van der Waals surface area contributed by atoms with Gasteiger partial charge in [0.2, 0.25) is 0 Å². The summed E-state index contributed by atoms with van der Waals surface area (Å²) in [5.41, 5.74) is 0.734. The van der Waals surface area contributed by atoms with Crippen LogP contribution in [0.2, 0.25) is 0 Å². The van der Waals surface area contributed by atoms with Crippen molar-refractivity contribution in [3.63, 3.8) is 0 Å². The van der Waals surface area contributed by atoms with Crippen LogP contribution >= 0.6 is 0 Å². The van der Waals surface area contributed by atoms with Crippen molar-refractivity contribution in [1.82, 2.24) is 20.0 Å². The van der Waals surface area contributed by atoms with E-state index in [9.17, 15) is 9.59 Å². The van der Waals surface area contributed by atoms with Crippen molar-refractivity contribution in [2.45, 2.75) is 33.2 Å². The molecule has 1 aliphatic rings. The molecule has 0 unspecified atom stereocenters. The fourth-order valence-electron chi connectivity index (χ4n) is 2.25. The van der Waals surface area contributed by atoms with Crippen LogP contribution in [0, 0.1) is 0 Å². The Kier molecular flexibility index (Phi) is 4.54. The number of carbonyl (C=O) groups excluding carboxylic acids is 1. The van der Waals surface area contributed by atoms with Gasteiger partial charge in [-0.05, 0) is 18.9 Å². The number of carbonyl (C=O) groups is 1. The fraction of sp³-hybridized carbons (Fsp3) is 0.643. The maximum atomic E-state index is 12.5. The predicted octanol–water partition coefficient (Wildman–Crippen LogP) is 0.432. The van der Waals surface area contributed by atoms with Crippen LogP contribution in [0.1, 0.15) is 42.7 Å². The van der Waals surface area contributed by atoms with Gasteiger partial charge in [-0.25, -0.2) is 4.68 Å². The summed E-state index contributed by atoms with van der Waals surface area (Å²) in [6.45, 7) is 9.18. The fourth-order valence-corrected chi connectivity index (χ4v) is 2.25. The highest BCUT2D eigenvalue weighted by molar-refractivity contribution is 5.94. The second kappa shape index (κ2) is 6.17. The van der Waals surface area contributed by atoms with Crippen molar-refractivity contribution in [3.05, 3.63) is 27.7 Å². The normalized spacial score (nSPS) is 15.7. The summed E-state index contributed by atoms with van der Waals surface area (Å²) >= 11 is 0. The molecule has 20 heavy (non-hydrogen) atoms. The smallest absolute Gasteiger partial charge is 0.279 e. The summed E-state index contributed by atoms with van der Waals surface area (Å²) in [5.74, 6) is 0.00553. The maximum absolute atomic E-state index is 12.5. The minimum absolute atomic E-state index is 0.178. The van der Waals surface area contributed by atoms with Gasteiger partial charge in [-0.15, -0.1) is 0 Å². The van der Waals surface area contributed by atoms with Gasteiger partial charge in [0, 0.05) is 32.7 Å². The van der Waals surface area contributed by atoms with E-state index in [1.165, 1.54) is 4.68 Å². The molecule has 1 aromatic heterocycles. The van der Waals surface area contributed by atoms with Crippen LogP contribution in [0.25, 0.3) is 0 Å². The van der Waals surface area contributed by atoms with Gasteiger partial charge in [0.15, 0.2) is 0 Å². The molecule has 0 spiro atoms. The molecule has 110 valence electrons. The Hall–Kier alpha value is -1.69. The van der Waals surface area contributed by atoms with Gasteiger partial charge in [-0.1, -0.05) is 13.8 Å². The number of amides is 1. The molecule has 6 heteroatoms. The van der Waals surface area contributed by atoms with Crippen LogP contribution in [0.4, 0.5) is 0 Å². The lowest BCUT2D eigenvalue weighted by atomic mass is 10.1. The molecule has 1 aromatic rings. The summed E-state index contributed by atoms with van der Waals surface area (Å²) in [4.78, 5) is 26.6. The van der Waals surface area contributed by atoms with Crippen LogP contribution in [-0.2, 0) is 6.54 Å². The van der Waals surface area contributed by atoms with E-state index in [4.69, 9.17) is 0 Å². The molecule has 1 aliphatic heterocycles. The van der Waals surface area contributed by atoms with Crippen molar-refractivity contribution in [2.24, 2.45) is 0 Å². The van der Waals surface area contributed by atoms with Gasteiger partial charge >= 0.3 is 0 Å². The quantitative estimate of drug-likeness (QED) is 0.871. The molecule has 2 heterocycles. The van der Waals surface area contributed by atoms with Crippen LogP contribution in [0.5, 0.6) is 0 Å². The molecule has 1 saturated heterocycles. The minimum Gasteiger partial charge on any atom is -0.336 e. The molecule has 1 N–H and O–H groups in total. The molecular weight excluding hydrogens is 256 g/mol. The molecule has 0 aromatic carbocycles. The van der Waals surface area contributed by atoms with Crippen molar-refractivity contribution >= 4 is 5.91 Å². The highest BCUT2D eigenvalue weighted by atomic mass is 16.2. The van der Waals surface area contributed by atoms with Gasteiger partial charge in [0.1, 0.15) is 5.56 Å². The molecule has 0 saturated carbocycles. The van der Waals surface area contributed by atoms with E-state index in [0.29, 0.717) is 19.6 Å². The van der Waals surface area contributed by atoms with E-state index in [1.54, 1.807) is 11.0 Å². The van der Waals surface area contributed by atoms with E-state index in [-0.39, 0.29) is 22.9 Å². The standard InChI is InChI=1S/C14H22N4O2/c1-4-18-14(20)11(9-12(16-18)10(2)3)13(19)17-7-5-15-6-8-17/h9-10,15H,4-8H2,1-3H3. The molecule has 0 radical (unpaired) electrons. The molecule has 1 fully saturated rings. The van der Waals surface area contributed by atoms with Crippen LogP contribution in [0.3, 0.4) is 0 Å². The summed E-state index contributed by atoms with van der Waals surface area (Å²) in [6, 6.07) is 1.66. The zero-order chi connectivity index (χ0) is 14.7. The molecule has 2 rings (SSSR count). The summed E-state index contributed by atoms with van der Waals surface area (Å²) in [5, 5.41) is 7.50. The highest BCUT2D eigenvalue weighted by Gasteiger charge is 2.22. The summed E-state index contributed by atoms with van der Waals surface area (Å²) < 4.78 is 1.38. The SMILES string of the molecule is CCn1nc(C(C)C)cc(C(=O)N2CCNCC2)c1=O. The average Bonchev–Trinajstić information content (AvgIpc) is 2.47. The van der Waals surface area contributed by atoms with E-state index in [0.717, 1.165) is 18.8 Å². The number of nitrogens with zero attached hydrogens (tertiary/aromatic N) is 3. The van der Waals surface area contributed by atoms with Crippen LogP contribution in [-0.4, -0.2) is 46.8 Å². The van der Waals surface area contributed by atoms with Gasteiger partial charge in [-0.2, -0.15) is 5.10 Å². The third-order valence-electron chi connectivity index (χ3n) is 3.52. The number of rotatable bonds is 3. The van der Waals surface area contributed by atoms with Crippen molar-refractivity contribution < 1.29 is 4.79 Å². The lowest BCUT2D eigenvalue weighted by molar-refractivity contribution is 0.0732. The van der Waals surface area contributed by atoms with E-state index < -0.39 is 0 Å². The van der Waals surface area contributed by atoms with Crippen molar-refractivity contribution in [3.8, 4) is 0 Å². The monoisotopic (exact) mass is 278 g/mol. The highest BCUT2D eigenvalue weighted by Crippen LogP contribution is 2.12. The number of hydrogen-bond acceptors (Lipinski definition) is 4. The first-order chi connectivity index (χ1) is 9.54. The van der Waals surface area contributed by atoms with Gasteiger partial charge in [0.05, 0.1) is 5.69 Å². The zero-order valence-electron chi connectivity index (χ0n) is 12.3. The largest absolute Gasteiger partial charge is 0.336 e. The van der Waals surface area contributed by atoms with Crippen molar-refractivity contribution in [2.75, 3.05) is 26.2 Å². The summed E-state index contributed by atoms with van der Waals surface area (Å²) in [7, 11) is 0. The number of aromatic nitrogens is 2. The second-order valence-electron chi connectivity index (χ2n) is 5.30. The summed E-state index contributed by atoms with van der Waals surface area (Å²) in [6.07, 6.45) is 0. The Morgan fingerprint density at radius 3 is 2.60 bits per heavy atom. The molecular formula is C14H22N4O2. The Bertz CT molecular complexity index is 545. The molecule has 0 atom stereocenters. The maximum Gasteiger partial charge on any atom is 0.279 e. The second-order valence-corrected chi connectivity index (χ2v) is 5.30.